The van der Waals surface area contributed by atoms with Crippen LogP contribution in [0.4, 0.5) is 0 Å². The van der Waals surface area contributed by atoms with Crippen LogP contribution in [0, 0.1) is 0 Å². The SMILES string of the molecule is CCOC(=O)CCCC1(c2ccccc2)OCCO1. The van der Waals surface area contributed by atoms with Crippen LogP contribution in [0.15, 0.2) is 30.3 Å². The van der Waals surface area contributed by atoms with E-state index in [0.717, 1.165) is 5.56 Å². The number of carbonyl (C=O) groups is 1. The Morgan fingerprint density at radius 3 is 2.58 bits per heavy atom. The average Bonchev–Trinajstić information content (AvgIpc) is 2.90. The van der Waals surface area contributed by atoms with Gasteiger partial charge >= 0.3 is 5.97 Å². The molecule has 0 unspecified atom stereocenters. The first-order valence-electron chi connectivity index (χ1n) is 6.76. The Labute approximate surface area is 113 Å². The summed E-state index contributed by atoms with van der Waals surface area (Å²) in [6, 6.07) is 9.89. The number of benzene rings is 1. The molecule has 1 saturated heterocycles. The van der Waals surface area contributed by atoms with Crippen molar-refractivity contribution in [2.24, 2.45) is 0 Å². The van der Waals surface area contributed by atoms with Gasteiger partial charge in [0.05, 0.1) is 19.8 Å². The Morgan fingerprint density at radius 1 is 1.26 bits per heavy atom. The van der Waals surface area contributed by atoms with Gasteiger partial charge in [0.2, 0.25) is 0 Å². The molecule has 0 aromatic heterocycles. The van der Waals surface area contributed by atoms with Gasteiger partial charge in [0, 0.05) is 18.4 Å². The molecule has 0 amide bonds. The molecular formula is C15H20O4. The molecule has 19 heavy (non-hydrogen) atoms. The molecule has 4 heteroatoms. The second kappa shape index (κ2) is 6.68. The Hall–Kier alpha value is -1.39. The van der Waals surface area contributed by atoms with Crippen LogP contribution in [-0.4, -0.2) is 25.8 Å². The highest BCUT2D eigenvalue weighted by atomic mass is 16.7. The zero-order valence-electron chi connectivity index (χ0n) is 11.3. The molecule has 1 aliphatic heterocycles. The van der Waals surface area contributed by atoms with Crippen LogP contribution in [-0.2, 0) is 24.8 Å². The van der Waals surface area contributed by atoms with E-state index in [0.29, 0.717) is 39.1 Å². The summed E-state index contributed by atoms with van der Waals surface area (Å²) >= 11 is 0. The summed E-state index contributed by atoms with van der Waals surface area (Å²) in [5.41, 5.74) is 1.01. The molecule has 0 atom stereocenters. The topological polar surface area (TPSA) is 44.8 Å². The summed E-state index contributed by atoms with van der Waals surface area (Å²) in [6.07, 6.45) is 1.75. The van der Waals surface area contributed by atoms with Crippen molar-refractivity contribution in [2.75, 3.05) is 19.8 Å². The number of hydrogen-bond donors (Lipinski definition) is 0. The van der Waals surface area contributed by atoms with E-state index < -0.39 is 5.79 Å². The van der Waals surface area contributed by atoms with Gasteiger partial charge in [0.1, 0.15) is 0 Å². The van der Waals surface area contributed by atoms with Crippen LogP contribution in [0.3, 0.4) is 0 Å². The molecule has 0 N–H and O–H groups in total. The zero-order valence-corrected chi connectivity index (χ0v) is 11.3. The van der Waals surface area contributed by atoms with Crippen molar-refractivity contribution in [1.82, 2.24) is 0 Å². The van der Waals surface area contributed by atoms with Gasteiger partial charge in [-0.15, -0.1) is 0 Å². The maximum atomic E-state index is 11.4. The van der Waals surface area contributed by atoms with Gasteiger partial charge in [-0.05, 0) is 13.3 Å². The van der Waals surface area contributed by atoms with Crippen LogP contribution in [0.1, 0.15) is 31.7 Å². The first kappa shape index (κ1) is 14.0. The summed E-state index contributed by atoms with van der Waals surface area (Å²) in [6.45, 7) is 3.42. The quantitative estimate of drug-likeness (QED) is 0.741. The van der Waals surface area contributed by atoms with Crippen molar-refractivity contribution in [3.63, 3.8) is 0 Å². The number of esters is 1. The fourth-order valence-electron chi connectivity index (χ4n) is 2.30. The minimum atomic E-state index is -0.687. The highest BCUT2D eigenvalue weighted by molar-refractivity contribution is 5.69. The fourth-order valence-corrected chi connectivity index (χ4v) is 2.30. The summed E-state index contributed by atoms with van der Waals surface area (Å²) in [4.78, 5) is 11.4. The highest BCUT2D eigenvalue weighted by Crippen LogP contribution is 2.36. The molecule has 1 aromatic carbocycles. The molecule has 0 radical (unpaired) electrons. The highest BCUT2D eigenvalue weighted by Gasteiger charge is 2.37. The van der Waals surface area contributed by atoms with Crippen molar-refractivity contribution in [3.8, 4) is 0 Å². The van der Waals surface area contributed by atoms with Crippen molar-refractivity contribution in [2.45, 2.75) is 32.0 Å². The van der Waals surface area contributed by atoms with Crippen LogP contribution < -0.4 is 0 Å². The zero-order chi connectivity index (χ0) is 13.6. The molecule has 0 saturated carbocycles. The third-order valence-corrected chi connectivity index (χ3v) is 3.16. The molecule has 1 fully saturated rings. The molecule has 1 heterocycles. The number of carbonyl (C=O) groups excluding carboxylic acids is 1. The van der Waals surface area contributed by atoms with Crippen LogP contribution in [0.25, 0.3) is 0 Å². The Balaban J connectivity index is 1.95. The van der Waals surface area contributed by atoms with E-state index in [9.17, 15) is 4.79 Å². The van der Waals surface area contributed by atoms with Crippen molar-refractivity contribution in [1.29, 1.82) is 0 Å². The van der Waals surface area contributed by atoms with Crippen LogP contribution in [0.2, 0.25) is 0 Å². The van der Waals surface area contributed by atoms with E-state index in [1.807, 2.05) is 37.3 Å². The lowest BCUT2D eigenvalue weighted by molar-refractivity contribution is -0.172. The standard InChI is InChI=1S/C15H20O4/c1-2-17-14(16)9-6-10-15(18-11-12-19-15)13-7-4-3-5-8-13/h3-5,7-8H,2,6,9-12H2,1H3. The molecule has 1 aromatic rings. The average molecular weight is 264 g/mol. The monoisotopic (exact) mass is 264 g/mol. The Bertz CT molecular complexity index is 396. The maximum Gasteiger partial charge on any atom is 0.305 e. The smallest absolute Gasteiger partial charge is 0.305 e. The van der Waals surface area contributed by atoms with Gasteiger partial charge in [0.15, 0.2) is 5.79 Å². The number of ether oxygens (including phenoxy) is 3. The van der Waals surface area contributed by atoms with Gasteiger partial charge in [-0.3, -0.25) is 4.79 Å². The minimum Gasteiger partial charge on any atom is -0.466 e. The van der Waals surface area contributed by atoms with E-state index in [-0.39, 0.29) is 5.97 Å². The maximum absolute atomic E-state index is 11.4. The second-order valence-electron chi connectivity index (χ2n) is 4.47. The number of hydrogen-bond acceptors (Lipinski definition) is 4. The summed E-state index contributed by atoms with van der Waals surface area (Å²) < 4.78 is 16.5. The summed E-state index contributed by atoms with van der Waals surface area (Å²) in [5.74, 6) is -0.850. The minimum absolute atomic E-state index is 0.163. The molecular weight excluding hydrogens is 244 g/mol. The van der Waals surface area contributed by atoms with Crippen LogP contribution >= 0.6 is 0 Å². The lowest BCUT2D eigenvalue weighted by Gasteiger charge is -2.27. The fraction of sp³-hybridized carbons (Fsp3) is 0.533. The summed E-state index contributed by atoms with van der Waals surface area (Å²) in [7, 11) is 0. The molecule has 0 bridgehead atoms. The Morgan fingerprint density at radius 2 is 1.95 bits per heavy atom. The van der Waals surface area contributed by atoms with E-state index >= 15 is 0 Å². The molecule has 104 valence electrons. The van der Waals surface area contributed by atoms with Gasteiger partial charge in [0.25, 0.3) is 0 Å². The first-order valence-corrected chi connectivity index (χ1v) is 6.76. The predicted octanol–water partition coefficient (Wildman–Crippen LogP) is 2.62. The van der Waals surface area contributed by atoms with Gasteiger partial charge in [-0.2, -0.15) is 0 Å². The molecule has 0 spiro atoms. The van der Waals surface area contributed by atoms with E-state index in [2.05, 4.69) is 0 Å². The van der Waals surface area contributed by atoms with E-state index in [1.54, 1.807) is 0 Å². The molecule has 4 nitrogen and oxygen atoms in total. The summed E-state index contributed by atoms with van der Waals surface area (Å²) in [5, 5.41) is 0. The van der Waals surface area contributed by atoms with Crippen molar-refractivity contribution in [3.05, 3.63) is 35.9 Å². The lowest BCUT2D eigenvalue weighted by Crippen LogP contribution is -2.27. The van der Waals surface area contributed by atoms with Gasteiger partial charge < -0.3 is 14.2 Å². The first-order chi connectivity index (χ1) is 9.27. The van der Waals surface area contributed by atoms with Crippen molar-refractivity contribution >= 4 is 5.97 Å². The third-order valence-electron chi connectivity index (χ3n) is 3.16. The van der Waals surface area contributed by atoms with Gasteiger partial charge in [-0.1, -0.05) is 30.3 Å². The van der Waals surface area contributed by atoms with E-state index in [4.69, 9.17) is 14.2 Å². The molecule has 2 rings (SSSR count). The molecule has 0 aliphatic carbocycles. The van der Waals surface area contributed by atoms with Gasteiger partial charge in [-0.25, -0.2) is 0 Å². The van der Waals surface area contributed by atoms with Crippen LogP contribution in [0.5, 0.6) is 0 Å². The lowest BCUT2D eigenvalue weighted by atomic mass is 9.99. The second-order valence-corrected chi connectivity index (χ2v) is 4.47. The Kier molecular flexibility index (Phi) is 4.93. The third kappa shape index (κ3) is 3.55. The van der Waals surface area contributed by atoms with E-state index in [1.165, 1.54) is 0 Å². The number of rotatable bonds is 6. The normalized spacial score (nSPS) is 17.3. The predicted molar refractivity (Wildman–Crippen MR) is 70.5 cm³/mol. The van der Waals surface area contributed by atoms with Crippen molar-refractivity contribution < 1.29 is 19.0 Å². The largest absolute Gasteiger partial charge is 0.466 e. The molecule has 1 aliphatic rings.